The summed E-state index contributed by atoms with van der Waals surface area (Å²) in [7, 11) is 4.05. The summed E-state index contributed by atoms with van der Waals surface area (Å²) >= 11 is 1.76. The van der Waals surface area contributed by atoms with Gasteiger partial charge < -0.3 is 19.4 Å². The van der Waals surface area contributed by atoms with E-state index >= 15 is 0 Å². The lowest BCUT2D eigenvalue weighted by molar-refractivity contribution is -0.126. The molecule has 5 nitrogen and oxygen atoms in total. The molecule has 1 atom stereocenters. The molecule has 0 saturated heterocycles. The standard InChI is InChI=1S/C20H26N2O3S/c1-22(2)12-17-7-8-18(25-17)14-26-10-9-21-20(23)16-11-15-5-3-4-6-19(15)24-13-16/h3-8,16H,9-14H2,1-2H3,(H,21,23)/t16-/m1/s1. The van der Waals surface area contributed by atoms with Gasteiger partial charge in [0, 0.05) is 12.3 Å². The van der Waals surface area contributed by atoms with E-state index in [4.69, 9.17) is 9.15 Å². The number of amides is 1. The van der Waals surface area contributed by atoms with Gasteiger partial charge in [-0.3, -0.25) is 4.79 Å². The van der Waals surface area contributed by atoms with Gasteiger partial charge in [0.15, 0.2) is 0 Å². The first kappa shape index (κ1) is 18.9. The van der Waals surface area contributed by atoms with E-state index < -0.39 is 0 Å². The molecule has 2 aromatic rings. The third-order valence-corrected chi connectivity index (χ3v) is 5.21. The maximum absolute atomic E-state index is 12.3. The van der Waals surface area contributed by atoms with E-state index in [0.29, 0.717) is 13.2 Å². The number of thioether (sulfide) groups is 1. The Morgan fingerprint density at radius 3 is 2.88 bits per heavy atom. The van der Waals surface area contributed by atoms with Gasteiger partial charge in [-0.1, -0.05) is 18.2 Å². The van der Waals surface area contributed by atoms with Gasteiger partial charge in [-0.05, 0) is 44.3 Å². The van der Waals surface area contributed by atoms with Crippen LogP contribution in [0.5, 0.6) is 5.75 Å². The fourth-order valence-electron chi connectivity index (χ4n) is 2.96. The molecular formula is C20H26N2O3S. The topological polar surface area (TPSA) is 54.7 Å². The van der Waals surface area contributed by atoms with Crippen LogP contribution in [0.25, 0.3) is 0 Å². The zero-order chi connectivity index (χ0) is 18.4. The fourth-order valence-corrected chi connectivity index (χ4v) is 3.70. The molecule has 26 heavy (non-hydrogen) atoms. The van der Waals surface area contributed by atoms with E-state index in [0.717, 1.165) is 47.3 Å². The number of benzene rings is 1. The van der Waals surface area contributed by atoms with Gasteiger partial charge in [-0.15, -0.1) is 0 Å². The highest BCUT2D eigenvalue weighted by Gasteiger charge is 2.25. The maximum atomic E-state index is 12.3. The molecule has 0 fully saturated rings. The molecule has 0 aliphatic carbocycles. The lowest BCUT2D eigenvalue weighted by atomic mass is 9.96. The summed E-state index contributed by atoms with van der Waals surface area (Å²) in [5.74, 6) is 4.52. The summed E-state index contributed by atoms with van der Waals surface area (Å²) in [6.45, 7) is 1.93. The largest absolute Gasteiger partial charge is 0.492 e. The molecule has 1 N–H and O–H groups in total. The predicted molar refractivity (Wildman–Crippen MR) is 104 cm³/mol. The van der Waals surface area contributed by atoms with Crippen molar-refractivity contribution in [3.63, 3.8) is 0 Å². The van der Waals surface area contributed by atoms with Gasteiger partial charge in [0.05, 0.1) is 18.2 Å². The van der Waals surface area contributed by atoms with Crippen molar-refractivity contribution in [2.45, 2.75) is 18.7 Å². The second kappa shape index (κ2) is 9.14. The predicted octanol–water partition coefficient (Wildman–Crippen LogP) is 2.94. The van der Waals surface area contributed by atoms with Crippen LogP contribution in [0.1, 0.15) is 17.1 Å². The lowest BCUT2D eigenvalue weighted by Gasteiger charge is -2.24. The Morgan fingerprint density at radius 2 is 2.04 bits per heavy atom. The van der Waals surface area contributed by atoms with E-state index in [9.17, 15) is 4.79 Å². The first-order valence-electron chi connectivity index (χ1n) is 8.90. The number of rotatable bonds is 8. The maximum Gasteiger partial charge on any atom is 0.226 e. The number of carbonyl (C=O) groups is 1. The minimum atomic E-state index is -0.103. The minimum Gasteiger partial charge on any atom is -0.492 e. The highest BCUT2D eigenvalue weighted by molar-refractivity contribution is 7.98. The van der Waals surface area contributed by atoms with Crippen LogP contribution in [-0.2, 0) is 23.5 Å². The summed E-state index contributed by atoms with van der Waals surface area (Å²) in [4.78, 5) is 14.4. The molecule has 1 aromatic carbocycles. The van der Waals surface area contributed by atoms with Gasteiger partial charge in [0.25, 0.3) is 0 Å². The van der Waals surface area contributed by atoms with Crippen molar-refractivity contribution < 1.29 is 13.9 Å². The Balaban J connectivity index is 1.34. The van der Waals surface area contributed by atoms with Gasteiger partial charge >= 0.3 is 0 Å². The number of hydrogen-bond acceptors (Lipinski definition) is 5. The first-order valence-corrected chi connectivity index (χ1v) is 10.1. The van der Waals surface area contributed by atoms with Crippen LogP contribution >= 0.6 is 11.8 Å². The molecule has 6 heteroatoms. The van der Waals surface area contributed by atoms with E-state index in [1.165, 1.54) is 0 Å². The molecule has 1 amide bonds. The number of para-hydroxylation sites is 1. The van der Waals surface area contributed by atoms with Crippen LogP contribution in [0.2, 0.25) is 0 Å². The Morgan fingerprint density at radius 1 is 1.23 bits per heavy atom. The molecule has 140 valence electrons. The van der Waals surface area contributed by atoms with E-state index in [1.54, 1.807) is 11.8 Å². The zero-order valence-corrected chi connectivity index (χ0v) is 16.2. The van der Waals surface area contributed by atoms with E-state index in [-0.39, 0.29) is 11.8 Å². The third kappa shape index (κ3) is 5.29. The van der Waals surface area contributed by atoms with Crippen molar-refractivity contribution in [1.82, 2.24) is 10.2 Å². The number of furan rings is 1. The summed E-state index contributed by atoms with van der Waals surface area (Å²) < 4.78 is 11.5. The second-order valence-corrected chi connectivity index (χ2v) is 7.87. The second-order valence-electron chi connectivity index (χ2n) is 6.77. The molecule has 1 aliphatic heterocycles. The van der Waals surface area contributed by atoms with E-state index in [1.807, 2.05) is 50.5 Å². The van der Waals surface area contributed by atoms with Gasteiger partial charge in [0.2, 0.25) is 5.91 Å². The summed E-state index contributed by atoms with van der Waals surface area (Å²) in [6, 6.07) is 12.0. The monoisotopic (exact) mass is 374 g/mol. The first-order chi connectivity index (χ1) is 12.6. The van der Waals surface area contributed by atoms with E-state index in [2.05, 4.69) is 10.2 Å². The number of hydrogen-bond donors (Lipinski definition) is 1. The fraction of sp³-hybridized carbons (Fsp3) is 0.450. The van der Waals surface area contributed by atoms with Crippen LogP contribution in [0.3, 0.4) is 0 Å². The molecule has 2 heterocycles. The normalized spacial score (nSPS) is 16.2. The molecule has 1 aromatic heterocycles. The molecule has 0 unspecified atom stereocenters. The number of ether oxygens (including phenoxy) is 1. The molecule has 0 spiro atoms. The smallest absolute Gasteiger partial charge is 0.226 e. The van der Waals surface area contributed by atoms with Crippen LogP contribution in [-0.4, -0.2) is 43.8 Å². The van der Waals surface area contributed by atoms with Crippen molar-refractivity contribution in [2.75, 3.05) is 33.0 Å². The van der Waals surface area contributed by atoms with Crippen molar-refractivity contribution in [1.29, 1.82) is 0 Å². The zero-order valence-electron chi connectivity index (χ0n) is 15.4. The molecule has 0 bridgehead atoms. The number of nitrogens with zero attached hydrogens (tertiary/aromatic N) is 1. The van der Waals surface area contributed by atoms with Crippen LogP contribution in [0.15, 0.2) is 40.8 Å². The molecule has 0 radical (unpaired) electrons. The Kier molecular flexibility index (Phi) is 6.63. The van der Waals surface area contributed by atoms with Crippen molar-refractivity contribution >= 4 is 17.7 Å². The molecular weight excluding hydrogens is 348 g/mol. The SMILES string of the molecule is CN(C)Cc1ccc(CSCCNC(=O)[C@H]2COc3ccccc3C2)o1. The summed E-state index contributed by atoms with van der Waals surface area (Å²) in [5, 5.41) is 3.02. The highest BCUT2D eigenvalue weighted by atomic mass is 32.2. The van der Waals surface area contributed by atoms with Crippen LogP contribution in [0.4, 0.5) is 0 Å². The average molecular weight is 375 g/mol. The summed E-state index contributed by atoms with van der Waals surface area (Å²) in [5.41, 5.74) is 1.11. The quantitative estimate of drug-likeness (QED) is 0.720. The van der Waals surface area contributed by atoms with Gasteiger partial charge in [-0.2, -0.15) is 11.8 Å². The number of fused-ring (bicyclic) bond motifs is 1. The Labute approximate surface area is 159 Å². The van der Waals surface area contributed by atoms with Gasteiger partial charge in [-0.25, -0.2) is 0 Å². The molecule has 3 rings (SSSR count). The molecule has 1 aliphatic rings. The molecule has 0 saturated carbocycles. The summed E-state index contributed by atoms with van der Waals surface area (Å²) in [6.07, 6.45) is 0.746. The van der Waals surface area contributed by atoms with Crippen LogP contribution in [0, 0.1) is 5.92 Å². The highest BCUT2D eigenvalue weighted by Crippen LogP contribution is 2.26. The number of carbonyl (C=O) groups excluding carboxylic acids is 1. The third-order valence-electron chi connectivity index (χ3n) is 4.23. The number of nitrogens with one attached hydrogen (secondary N) is 1. The van der Waals surface area contributed by atoms with Crippen molar-refractivity contribution in [3.8, 4) is 5.75 Å². The minimum absolute atomic E-state index is 0.0753. The average Bonchev–Trinajstić information content (AvgIpc) is 3.07. The Bertz CT molecular complexity index is 729. The van der Waals surface area contributed by atoms with Crippen molar-refractivity contribution in [3.05, 3.63) is 53.5 Å². The lowest BCUT2D eigenvalue weighted by Crippen LogP contribution is -2.38. The van der Waals surface area contributed by atoms with Gasteiger partial charge in [0.1, 0.15) is 23.9 Å². The van der Waals surface area contributed by atoms with Crippen molar-refractivity contribution in [2.24, 2.45) is 5.92 Å². The van der Waals surface area contributed by atoms with Crippen LogP contribution < -0.4 is 10.1 Å². The Hall–Kier alpha value is -1.92.